The quantitative estimate of drug-likeness (QED) is 0.640. The Morgan fingerprint density at radius 1 is 0.870 bits per heavy atom. The summed E-state index contributed by atoms with van der Waals surface area (Å²) < 4.78 is 10.4. The molecule has 0 aliphatic heterocycles. The fourth-order valence-corrected chi connectivity index (χ4v) is 3.24. The highest BCUT2D eigenvalue weighted by Crippen LogP contribution is 2.31. The van der Waals surface area contributed by atoms with E-state index in [4.69, 9.17) is 9.47 Å². The zero-order valence-electron chi connectivity index (χ0n) is 12.9. The molecule has 0 aliphatic carbocycles. The zero-order valence-corrected chi connectivity index (χ0v) is 13.7. The van der Waals surface area contributed by atoms with Crippen LogP contribution in [0.1, 0.15) is 15.2 Å². The van der Waals surface area contributed by atoms with Crippen LogP contribution in [-0.4, -0.2) is 20.0 Å². The summed E-state index contributed by atoms with van der Waals surface area (Å²) in [6, 6.07) is 18.8. The van der Waals surface area contributed by atoms with Crippen molar-refractivity contribution in [2.24, 2.45) is 0 Å². The van der Waals surface area contributed by atoms with E-state index in [0.717, 1.165) is 21.9 Å². The highest BCUT2D eigenvalue weighted by Gasteiger charge is 2.13. The molecule has 0 unspecified atom stereocenters. The molecular formula is C19H16O3S. The summed E-state index contributed by atoms with van der Waals surface area (Å²) in [5.41, 5.74) is 1.70. The Morgan fingerprint density at radius 3 is 2.30 bits per heavy atom. The number of thiophene rings is 1. The monoisotopic (exact) mass is 324 g/mol. The van der Waals surface area contributed by atoms with Crippen LogP contribution in [0.2, 0.25) is 0 Å². The third-order valence-electron chi connectivity index (χ3n) is 3.54. The minimum Gasteiger partial charge on any atom is -0.497 e. The summed E-state index contributed by atoms with van der Waals surface area (Å²) in [5.74, 6) is 1.57. The summed E-state index contributed by atoms with van der Waals surface area (Å²) in [6.45, 7) is 0. The number of benzene rings is 2. The van der Waals surface area contributed by atoms with Crippen LogP contribution in [0, 0.1) is 0 Å². The van der Waals surface area contributed by atoms with Crippen LogP contribution in [0.5, 0.6) is 11.5 Å². The van der Waals surface area contributed by atoms with Crippen LogP contribution in [0.3, 0.4) is 0 Å². The van der Waals surface area contributed by atoms with Gasteiger partial charge in [0.15, 0.2) is 0 Å². The van der Waals surface area contributed by atoms with E-state index < -0.39 is 0 Å². The van der Waals surface area contributed by atoms with E-state index in [2.05, 4.69) is 0 Å². The zero-order chi connectivity index (χ0) is 16.2. The standard InChI is InChI=1S/C19H16O3S/c1-21-15-8-6-13(7-9-15)19(20)18-11-10-17(23-18)14-4-3-5-16(12-14)22-2/h3-12H,1-2H3. The Labute approximate surface area is 139 Å². The molecule has 0 fully saturated rings. The number of methoxy groups -OCH3 is 2. The first kappa shape index (κ1) is 15.3. The lowest BCUT2D eigenvalue weighted by molar-refractivity contribution is 0.104. The Bertz CT molecular complexity index is 819. The van der Waals surface area contributed by atoms with Crippen molar-refractivity contribution in [2.45, 2.75) is 0 Å². The van der Waals surface area contributed by atoms with Gasteiger partial charge in [-0.05, 0) is 54.1 Å². The first-order valence-corrected chi connectivity index (χ1v) is 7.96. The van der Waals surface area contributed by atoms with Crippen LogP contribution in [-0.2, 0) is 0 Å². The van der Waals surface area contributed by atoms with E-state index in [-0.39, 0.29) is 5.78 Å². The molecule has 0 radical (unpaired) electrons. The van der Waals surface area contributed by atoms with Crippen molar-refractivity contribution in [3.8, 4) is 21.9 Å². The molecule has 3 rings (SSSR count). The molecule has 3 aromatic rings. The van der Waals surface area contributed by atoms with Gasteiger partial charge in [0.05, 0.1) is 19.1 Å². The van der Waals surface area contributed by atoms with Crippen molar-refractivity contribution < 1.29 is 14.3 Å². The van der Waals surface area contributed by atoms with Gasteiger partial charge in [0, 0.05) is 10.4 Å². The van der Waals surface area contributed by atoms with Gasteiger partial charge in [-0.1, -0.05) is 12.1 Å². The first-order valence-electron chi connectivity index (χ1n) is 7.14. The SMILES string of the molecule is COc1ccc(C(=O)c2ccc(-c3cccc(OC)c3)s2)cc1. The Kier molecular flexibility index (Phi) is 4.44. The molecule has 3 nitrogen and oxygen atoms in total. The van der Waals surface area contributed by atoms with Crippen LogP contribution < -0.4 is 9.47 Å². The number of carbonyl (C=O) groups excluding carboxylic acids is 1. The molecule has 0 saturated heterocycles. The molecule has 1 heterocycles. The van der Waals surface area contributed by atoms with Gasteiger partial charge in [0.25, 0.3) is 0 Å². The van der Waals surface area contributed by atoms with E-state index in [1.54, 1.807) is 38.5 Å². The first-order chi connectivity index (χ1) is 11.2. The van der Waals surface area contributed by atoms with E-state index >= 15 is 0 Å². The molecule has 0 bridgehead atoms. The highest BCUT2D eigenvalue weighted by atomic mass is 32.1. The molecule has 0 spiro atoms. The fraction of sp³-hybridized carbons (Fsp3) is 0.105. The van der Waals surface area contributed by atoms with E-state index in [1.165, 1.54) is 11.3 Å². The lowest BCUT2D eigenvalue weighted by Crippen LogP contribution is -1.98. The van der Waals surface area contributed by atoms with Gasteiger partial charge in [0.2, 0.25) is 5.78 Å². The van der Waals surface area contributed by atoms with Crippen LogP contribution in [0.4, 0.5) is 0 Å². The lowest BCUT2D eigenvalue weighted by atomic mass is 10.1. The second-order valence-corrected chi connectivity index (χ2v) is 6.04. The van der Waals surface area contributed by atoms with Gasteiger partial charge in [-0.3, -0.25) is 4.79 Å². The Morgan fingerprint density at radius 2 is 1.61 bits per heavy atom. The molecule has 0 aliphatic rings. The van der Waals surface area contributed by atoms with Crippen molar-refractivity contribution in [2.75, 3.05) is 14.2 Å². The fourth-order valence-electron chi connectivity index (χ4n) is 2.28. The average Bonchev–Trinajstić information content (AvgIpc) is 3.11. The largest absolute Gasteiger partial charge is 0.497 e. The van der Waals surface area contributed by atoms with Crippen molar-refractivity contribution >= 4 is 17.1 Å². The number of rotatable bonds is 5. The van der Waals surface area contributed by atoms with Crippen molar-refractivity contribution in [1.29, 1.82) is 0 Å². The summed E-state index contributed by atoms with van der Waals surface area (Å²) in [4.78, 5) is 14.3. The summed E-state index contributed by atoms with van der Waals surface area (Å²) in [5, 5.41) is 0. The minimum atomic E-state index is 0.0202. The van der Waals surface area contributed by atoms with E-state index in [0.29, 0.717) is 10.4 Å². The van der Waals surface area contributed by atoms with Crippen LogP contribution in [0.15, 0.2) is 60.7 Å². The molecule has 4 heteroatoms. The summed E-state index contributed by atoms with van der Waals surface area (Å²) >= 11 is 1.48. The normalized spacial score (nSPS) is 10.3. The smallest absolute Gasteiger partial charge is 0.202 e. The van der Waals surface area contributed by atoms with E-state index in [1.807, 2.05) is 36.4 Å². The number of hydrogen-bond donors (Lipinski definition) is 0. The maximum Gasteiger partial charge on any atom is 0.202 e. The van der Waals surface area contributed by atoms with Crippen molar-refractivity contribution in [3.63, 3.8) is 0 Å². The molecule has 0 saturated carbocycles. The molecule has 0 atom stereocenters. The van der Waals surface area contributed by atoms with Gasteiger partial charge in [-0.2, -0.15) is 0 Å². The summed E-state index contributed by atoms with van der Waals surface area (Å²) in [7, 11) is 3.25. The predicted octanol–water partition coefficient (Wildman–Crippen LogP) is 4.66. The number of ketones is 1. The Balaban J connectivity index is 1.86. The molecule has 23 heavy (non-hydrogen) atoms. The lowest BCUT2D eigenvalue weighted by Gasteiger charge is -2.02. The van der Waals surface area contributed by atoms with Crippen LogP contribution >= 0.6 is 11.3 Å². The number of hydrogen-bond acceptors (Lipinski definition) is 4. The van der Waals surface area contributed by atoms with Crippen LogP contribution in [0.25, 0.3) is 10.4 Å². The third kappa shape index (κ3) is 3.27. The Hall–Kier alpha value is -2.59. The molecule has 0 amide bonds. The number of carbonyl (C=O) groups is 1. The van der Waals surface area contributed by atoms with Gasteiger partial charge in [-0.25, -0.2) is 0 Å². The second-order valence-electron chi connectivity index (χ2n) is 4.95. The van der Waals surface area contributed by atoms with Gasteiger partial charge in [0.1, 0.15) is 11.5 Å². The molecule has 2 aromatic carbocycles. The average molecular weight is 324 g/mol. The molecular weight excluding hydrogens is 308 g/mol. The molecule has 0 N–H and O–H groups in total. The third-order valence-corrected chi connectivity index (χ3v) is 4.67. The van der Waals surface area contributed by atoms with Gasteiger partial charge < -0.3 is 9.47 Å². The maximum absolute atomic E-state index is 12.6. The van der Waals surface area contributed by atoms with Crippen molar-refractivity contribution in [1.82, 2.24) is 0 Å². The van der Waals surface area contributed by atoms with Gasteiger partial charge >= 0.3 is 0 Å². The predicted molar refractivity (Wildman–Crippen MR) is 92.7 cm³/mol. The molecule has 1 aromatic heterocycles. The van der Waals surface area contributed by atoms with E-state index in [9.17, 15) is 4.79 Å². The van der Waals surface area contributed by atoms with Gasteiger partial charge in [-0.15, -0.1) is 11.3 Å². The minimum absolute atomic E-state index is 0.0202. The second kappa shape index (κ2) is 6.67. The summed E-state index contributed by atoms with van der Waals surface area (Å²) in [6.07, 6.45) is 0. The highest BCUT2D eigenvalue weighted by molar-refractivity contribution is 7.17. The maximum atomic E-state index is 12.6. The number of ether oxygens (including phenoxy) is 2. The topological polar surface area (TPSA) is 35.5 Å². The van der Waals surface area contributed by atoms with Crippen molar-refractivity contribution in [3.05, 3.63) is 71.1 Å². The molecule has 116 valence electrons.